The van der Waals surface area contributed by atoms with Crippen LogP contribution in [0.2, 0.25) is 0 Å². The van der Waals surface area contributed by atoms with E-state index in [9.17, 15) is 19.2 Å². The number of fused-ring (bicyclic) bond motifs is 1. The van der Waals surface area contributed by atoms with Gasteiger partial charge in [0.2, 0.25) is 17.7 Å². The molecule has 1 N–H and O–H groups in total. The van der Waals surface area contributed by atoms with E-state index in [0.29, 0.717) is 31.0 Å². The smallest absolute Gasteiger partial charge is 0.255 e. The molecule has 10 nitrogen and oxygen atoms in total. The molecule has 10 heteroatoms. The summed E-state index contributed by atoms with van der Waals surface area (Å²) in [5.41, 5.74) is 0.294. The first-order chi connectivity index (χ1) is 16.3. The summed E-state index contributed by atoms with van der Waals surface area (Å²) in [7, 11) is 4.79. The fourth-order valence-corrected chi connectivity index (χ4v) is 4.25. The van der Waals surface area contributed by atoms with Gasteiger partial charge in [0.25, 0.3) is 5.91 Å². The topological polar surface area (TPSA) is 108 Å². The fourth-order valence-electron chi connectivity index (χ4n) is 4.25. The van der Waals surface area contributed by atoms with Crippen molar-refractivity contribution < 1.29 is 28.7 Å². The largest absolute Gasteiger partial charge is 0.491 e. The summed E-state index contributed by atoms with van der Waals surface area (Å²) in [5, 5.41) is 2.84. The molecule has 0 radical (unpaired) electrons. The van der Waals surface area contributed by atoms with Crippen molar-refractivity contribution in [3.63, 3.8) is 0 Å². The van der Waals surface area contributed by atoms with Crippen LogP contribution in [0.15, 0.2) is 24.3 Å². The molecule has 0 spiro atoms. The van der Waals surface area contributed by atoms with Crippen molar-refractivity contribution in [3.05, 3.63) is 29.8 Å². The van der Waals surface area contributed by atoms with Gasteiger partial charge in [-0.15, -0.1) is 0 Å². The van der Waals surface area contributed by atoms with E-state index < -0.39 is 11.9 Å². The summed E-state index contributed by atoms with van der Waals surface area (Å²) in [5.74, 6) is -0.800. The van der Waals surface area contributed by atoms with Crippen LogP contribution in [0.1, 0.15) is 36.0 Å². The second-order valence-electron chi connectivity index (χ2n) is 8.76. The molecule has 1 aromatic carbocycles. The van der Waals surface area contributed by atoms with E-state index in [4.69, 9.17) is 9.47 Å². The van der Waals surface area contributed by atoms with Gasteiger partial charge in [-0.1, -0.05) is 12.1 Å². The summed E-state index contributed by atoms with van der Waals surface area (Å²) in [6.07, 6.45) is 1.82. The van der Waals surface area contributed by atoms with E-state index in [1.165, 1.54) is 9.80 Å². The molecule has 2 heterocycles. The lowest BCUT2D eigenvalue weighted by atomic mass is 10.1. The van der Waals surface area contributed by atoms with Gasteiger partial charge in [0.1, 0.15) is 18.4 Å². The Labute approximate surface area is 200 Å². The Morgan fingerprint density at radius 1 is 1.09 bits per heavy atom. The SMILES string of the molecule is COC[C@@H]1CCCN1C(=O)[C@@H]1CCC(=O)N(C)CC(=O)N(C)CCOc2ccccc2C(=O)N1. The first-order valence-electron chi connectivity index (χ1n) is 11.6. The maximum Gasteiger partial charge on any atom is 0.255 e. The Morgan fingerprint density at radius 2 is 1.85 bits per heavy atom. The van der Waals surface area contributed by atoms with Crippen molar-refractivity contribution in [1.29, 1.82) is 0 Å². The second kappa shape index (κ2) is 11.8. The molecule has 34 heavy (non-hydrogen) atoms. The Hall–Kier alpha value is -3.14. The Bertz CT molecular complexity index is 907. The number of carbonyl (C=O) groups is 4. The molecule has 2 aliphatic rings. The van der Waals surface area contributed by atoms with E-state index in [0.717, 1.165) is 12.8 Å². The molecular weight excluding hydrogens is 440 g/mol. The molecule has 0 bridgehead atoms. The zero-order chi connectivity index (χ0) is 24.7. The molecule has 3 rings (SSSR count). The van der Waals surface area contributed by atoms with Crippen molar-refractivity contribution in [2.75, 3.05) is 54.1 Å². The van der Waals surface area contributed by atoms with Gasteiger partial charge in [-0.05, 0) is 31.4 Å². The minimum Gasteiger partial charge on any atom is -0.491 e. The molecule has 1 aromatic rings. The van der Waals surface area contributed by atoms with Crippen LogP contribution in [0.5, 0.6) is 5.75 Å². The molecular formula is C24H34N4O6. The number of likely N-dealkylation sites (N-methyl/N-ethyl adjacent to an activating group) is 2. The average Bonchev–Trinajstić information content (AvgIpc) is 3.29. The normalized spacial score (nSPS) is 23.0. The molecule has 0 aliphatic carbocycles. The number of hydrogen-bond acceptors (Lipinski definition) is 6. The molecule has 4 amide bonds. The number of amides is 4. The predicted molar refractivity (Wildman–Crippen MR) is 124 cm³/mol. The van der Waals surface area contributed by atoms with Crippen LogP contribution in [0.25, 0.3) is 0 Å². The average molecular weight is 475 g/mol. The van der Waals surface area contributed by atoms with Gasteiger partial charge in [-0.25, -0.2) is 0 Å². The zero-order valence-corrected chi connectivity index (χ0v) is 20.1. The van der Waals surface area contributed by atoms with E-state index in [1.807, 2.05) is 0 Å². The lowest BCUT2D eigenvalue weighted by Gasteiger charge is -2.29. The number of rotatable bonds is 3. The fraction of sp³-hybridized carbons (Fsp3) is 0.583. The summed E-state index contributed by atoms with van der Waals surface area (Å²) >= 11 is 0. The van der Waals surface area contributed by atoms with Gasteiger partial charge >= 0.3 is 0 Å². The monoisotopic (exact) mass is 474 g/mol. The van der Waals surface area contributed by atoms with Crippen molar-refractivity contribution in [2.24, 2.45) is 0 Å². The molecule has 0 aromatic heterocycles. The molecule has 2 atom stereocenters. The number of nitrogens with one attached hydrogen (secondary N) is 1. The van der Waals surface area contributed by atoms with Crippen LogP contribution in [0, 0.1) is 0 Å². The van der Waals surface area contributed by atoms with Crippen molar-refractivity contribution in [2.45, 2.75) is 37.8 Å². The Morgan fingerprint density at radius 3 is 2.62 bits per heavy atom. The third-order valence-corrected chi connectivity index (χ3v) is 6.31. The van der Waals surface area contributed by atoms with Crippen molar-refractivity contribution in [3.8, 4) is 5.75 Å². The van der Waals surface area contributed by atoms with Crippen LogP contribution in [-0.2, 0) is 19.1 Å². The summed E-state index contributed by atoms with van der Waals surface area (Å²) < 4.78 is 11.1. The standard InChI is InChI=1S/C24H34N4O6/c1-26-13-14-34-20-9-5-4-8-18(20)23(31)25-19(10-11-21(29)27(2)15-22(26)30)24(32)28-12-6-7-17(28)16-33-3/h4-5,8-9,17,19H,6-7,10-16H2,1-3H3,(H,25,31)/t17-,19-/m0/s1. The van der Waals surface area contributed by atoms with Crippen LogP contribution in [-0.4, -0.2) is 104 Å². The molecule has 0 unspecified atom stereocenters. The predicted octanol–water partition coefficient (Wildman–Crippen LogP) is 0.512. The zero-order valence-electron chi connectivity index (χ0n) is 20.1. The van der Waals surface area contributed by atoms with E-state index in [1.54, 1.807) is 50.4 Å². The number of carbonyl (C=O) groups excluding carboxylic acids is 4. The number of para-hydroxylation sites is 1. The van der Waals surface area contributed by atoms with Gasteiger partial charge in [0, 0.05) is 34.2 Å². The third kappa shape index (κ3) is 6.25. The highest BCUT2D eigenvalue weighted by atomic mass is 16.5. The van der Waals surface area contributed by atoms with Crippen LogP contribution in [0.4, 0.5) is 0 Å². The molecule has 186 valence electrons. The second-order valence-corrected chi connectivity index (χ2v) is 8.76. The van der Waals surface area contributed by atoms with Gasteiger partial charge in [0.05, 0.1) is 31.3 Å². The molecule has 2 aliphatic heterocycles. The number of methoxy groups -OCH3 is 1. The number of hydrogen-bond donors (Lipinski definition) is 1. The maximum absolute atomic E-state index is 13.5. The highest BCUT2D eigenvalue weighted by Crippen LogP contribution is 2.22. The minimum atomic E-state index is -0.890. The number of benzene rings is 1. The van der Waals surface area contributed by atoms with Gasteiger partial charge in [0.15, 0.2) is 0 Å². The van der Waals surface area contributed by atoms with Gasteiger partial charge < -0.3 is 29.5 Å². The molecule has 1 fully saturated rings. The van der Waals surface area contributed by atoms with Crippen molar-refractivity contribution >= 4 is 23.6 Å². The first-order valence-corrected chi connectivity index (χ1v) is 11.6. The van der Waals surface area contributed by atoms with E-state index in [2.05, 4.69) is 5.32 Å². The number of nitrogens with zero attached hydrogens (tertiary/aromatic N) is 3. The van der Waals surface area contributed by atoms with Crippen LogP contribution in [0.3, 0.4) is 0 Å². The Kier molecular flexibility index (Phi) is 8.86. The van der Waals surface area contributed by atoms with Crippen LogP contribution < -0.4 is 10.1 Å². The highest BCUT2D eigenvalue weighted by Gasteiger charge is 2.34. The third-order valence-electron chi connectivity index (χ3n) is 6.31. The lowest BCUT2D eigenvalue weighted by molar-refractivity contribution is -0.139. The molecule has 1 saturated heterocycles. The Balaban J connectivity index is 1.87. The summed E-state index contributed by atoms with van der Waals surface area (Å²) in [6, 6.07) is 5.83. The van der Waals surface area contributed by atoms with Gasteiger partial charge in [-0.2, -0.15) is 0 Å². The first kappa shape index (κ1) is 25.5. The number of likely N-dealkylation sites (tertiary alicyclic amines) is 1. The van der Waals surface area contributed by atoms with Crippen molar-refractivity contribution in [1.82, 2.24) is 20.0 Å². The summed E-state index contributed by atoms with van der Waals surface area (Å²) in [6.45, 7) is 1.40. The van der Waals surface area contributed by atoms with Crippen LogP contribution >= 0.6 is 0 Å². The maximum atomic E-state index is 13.5. The highest BCUT2D eigenvalue weighted by molar-refractivity contribution is 6.00. The van der Waals surface area contributed by atoms with E-state index in [-0.39, 0.29) is 49.8 Å². The van der Waals surface area contributed by atoms with E-state index >= 15 is 0 Å². The van der Waals surface area contributed by atoms with Gasteiger partial charge in [-0.3, -0.25) is 19.2 Å². The minimum absolute atomic E-state index is 0.0190. The molecule has 0 saturated carbocycles. The number of ether oxygens (including phenoxy) is 2. The summed E-state index contributed by atoms with van der Waals surface area (Å²) in [4.78, 5) is 56.4. The quantitative estimate of drug-likeness (QED) is 0.684. The lowest BCUT2D eigenvalue weighted by Crippen LogP contribution is -2.51.